The van der Waals surface area contributed by atoms with Crippen LogP contribution < -0.4 is 5.32 Å². The zero-order chi connectivity index (χ0) is 20.0. The molecule has 1 N–H and O–H groups in total. The lowest BCUT2D eigenvalue weighted by molar-refractivity contribution is -0.132. The van der Waals surface area contributed by atoms with Crippen molar-refractivity contribution in [1.82, 2.24) is 15.2 Å². The maximum atomic E-state index is 12.2. The van der Waals surface area contributed by atoms with Crippen molar-refractivity contribution in [2.45, 2.75) is 37.8 Å². The van der Waals surface area contributed by atoms with Gasteiger partial charge in [0.25, 0.3) is 0 Å². The van der Waals surface area contributed by atoms with Crippen LogP contribution in [0.5, 0.6) is 0 Å². The number of carbonyl (C=O) groups excluding carboxylic acids is 3. The SMILES string of the molecule is CCOC(=O)c1cc(C#N)c(SCC(=O)N(C)CC(=O)NC2CC2)nc1C. The summed E-state index contributed by atoms with van der Waals surface area (Å²) in [5.41, 5.74) is 0.869. The Kier molecular flexibility index (Phi) is 7.19. The fraction of sp³-hybridized carbons (Fsp3) is 0.500. The maximum absolute atomic E-state index is 12.2. The van der Waals surface area contributed by atoms with Crippen LogP contribution in [0.4, 0.5) is 0 Å². The highest BCUT2D eigenvalue weighted by molar-refractivity contribution is 8.00. The van der Waals surface area contributed by atoms with Gasteiger partial charge in [-0.2, -0.15) is 5.26 Å². The summed E-state index contributed by atoms with van der Waals surface area (Å²) in [7, 11) is 1.56. The normalized spacial score (nSPS) is 12.8. The summed E-state index contributed by atoms with van der Waals surface area (Å²) >= 11 is 1.10. The molecule has 1 fully saturated rings. The van der Waals surface area contributed by atoms with E-state index in [2.05, 4.69) is 10.3 Å². The molecule has 1 heterocycles. The van der Waals surface area contributed by atoms with E-state index >= 15 is 0 Å². The van der Waals surface area contributed by atoms with Gasteiger partial charge < -0.3 is 15.0 Å². The van der Waals surface area contributed by atoms with Crippen LogP contribution in [-0.2, 0) is 14.3 Å². The fourth-order valence-electron chi connectivity index (χ4n) is 2.23. The van der Waals surface area contributed by atoms with Gasteiger partial charge in [0.1, 0.15) is 11.1 Å². The van der Waals surface area contributed by atoms with Crippen molar-refractivity contribution in [3.63, 3.8) is 0 Å². The van der Waals surface area contributed by atoms with Crippen molar-refractivity contribution in [3.05, 3.63) is 22.9 Å². The van der Waals surface area contributed by atoms with Crippen LogP contribution in [0.1, 0.15) is 41.4 Å². The van der Waals surface area contributed by atoms with Crippen LogP contribution >= 0.6 is 11.8 Å². The molecule has 1 aromatic rings. The minimum Gasteiger partial charge on any atom is -0.462 e. The molecule has 8 nitrogen and oxygen atoms in total. The highest BCUT2D eigenvalue weighted by Gasteiger charge is 2.24. The van der Waals surface area contributed by atoms with Crippen LogP contribution in [0.25, 0.3) is 0 Å². The standard InChI is InChI=1S/C18H22N4O4S/c1-4-26-18(25)14-7-12(8-19)17(20-11(14)2)27-10-16(24)22(3)9-15(23)21-13-5-6-13/h7,13H,4-6,9-10H2,1-3H3,(H,21,23). The van der Waals surface area contributed by atoms with Gasteiger partial charge in [0, 0.05) is 13.1 Å². The third-order valence-electron chi connectivity index (χ3n) is 3.88. The Hall–Kier alpha value is -2.60. The molecule has 1 aliphatic carbocycles. The zero-order valence-corrected chi connectivity index (χ0v) is 16.4. The van der Waals surface area contributed by atoms with Gasteiger partial charge in [0.15, 0.2) is 0 Å². The van der Waals surface area contributed by atoms with Crippen LogP contribution in [0, 0.1) is 18.3 Å². The number of nitrogens with one attached hydrogen (secondary N) is 1. The number of aromatic nitrogens is 1. The smallest absolute Gasteiger partial charge is 0.340 e. The number of hydrogen-bond donors (Lipinski definition) is 1. The minimum atomic E-state index is -0.534. The van der Waals surface area contributed by atoms with Crippen LogP contribution in [-0.4, -0.2) is 59.7 Å². The lowest BCUT2D eigenvalue weighted by Crippen LogP contribution is -2.39. The molecule has 144 valence electrons. The van der Waals surface area contributed by atoms with Crippen molar-refractivity contribution in [1.29, 1.82) is 5.26 Å². The Balaban J connectivity index is 1.98. The molecule has 1 saturated carbocycles. The Bertz CT molecular complexity index is 786. The summed E-state index contributed by atoms with van der Waals surface area (Å²) in [6.07, 6.45) is 1.98. The predicted octanol–water partition coefficient (Wildman–Crippen LogP) is 1.27. The number of hydrogen-bond acceptors (Lipinski definition) is 7. The molecule has 1 aliphatic rings. The third-order valence-corrected chi connectivity index (χ3v) is 4.85. The first-order valence-corrected chi connectivity index (χ1v) is 9.59. The number of amides is 2. The number of likely N-dealkylation sites (N-methyl/N-ethyl adjacent to an activating group) is 1. The van der Waals surface area contributed by atoms with Crippen molar-refractivity contribution >= 4 is 29.5 Å². The molecular weight excluding hydrogens is 368 g/mol. The fourth-order valence-corrected chi connectivity index (χ4v) is 3.18. The second-order valence-electron chi connectivity index (χ2n) is 6.19. The molecule has 0 bridgehead atoms. The van der Waals surface area contributed by atoms with E-state index < -0.39 is 5.97 Å². The molecule has 1 aromatic heterocycles. The van der Waals surface area contributed by atoms with E-state index in [1.165, 1.54) is 11.0 Å². The first-order valence-electron chi connectivity index (χ1n) is 8.60. The monoisotopic (exact) mass is 390 g/mol. The molecule has 0 aliphatic heterocycles. The number of esters is 1. The highest BCUT2D eigenvalue weighted by Crippen LogP contribution is 2.23. The second kappa shape index (κ2) is 9.37. The molecule has 9 heteroatoms. The molecule has 2 rings (SSSR count). The minimum absolute atomic E-state index is 0.00471. The molecule has 27 heavy (non-hydrogen) atoms. The summed E-state index contributed by atoms with van der Waals surface area (Å²) < 4.78 is 4.95. The molecule has 0 atom stereocenters. The molecule has 2 amide bonds. The molecular formula is C18H22N4O4S. The first kappa shape index (κ1) is 20.7. The van der Waals surface area contributed by atoms with E-state index in [0.717, 1.165) is 24.6 Å². The molecule has 0 aromatic carbocycles. The average Bonchev–Trinajstić information content (AvgIpc) is 3.43. The van der Waals surface area contributed by atoms with Gasteiger partial charge in [-0.3, -0.25) is 9.59 Å². The van der Waals surface area contributed by atoms with Crippen molar-refractivity contribution < 1.29 is 19.1 Å². The Labute approximate surface area is 162 Å². The van der Waals surface area contributed by atoms with Crippen molar-refractivity contribution in [3.8, 4) is 6.07 Å². The van der Waals surface area contributed by atoms with Crippen LogP contribution in [0.2, 0.25) is 0 Å². The number of ether oxygens (including phenoxy) is 1. The van der Waals surface area contributed by atoms with Crippen LogP contribution in [0.3, 0.4) is 0 Å². The van der Waals surface area contributed by atoms with E-state index in [-0.39, 0.29) is 47.9 Å². The van der Waals surface area contributed by atoms with Crippen molar-refractivity contribution in [2.75, 3.05) is 26.0 Å². The summed E-state index contributed by atoms with van der Waals surface area (Å²) in [5.74, 6) is -0.923. The highest BCUT2D eigenvalue weighted by atomic mass is 32.2. The Morgan fingerprint density at radius 3 is 2.74 bits per heavy atom. The number of nitriles is 1. The third kappa shape index (κ3) is 5.96. The van der Waals surface area contributed by atoms with Gasteiger partial charge in [-0.25, -0.2) is 9.78 Å². The van der Waals surface area contributed by atoms with E-state index in [9.17, 15) is 19.6 Å². The van der Waals surface area contributed by atoms with E-state index in [0.29, 0.717) is 10.7 Å². The van der Waals surface area contributed by atoms with Gasteiger partial charge in [-0.15, -0.1) is 0 Å². The average molecular weight is 390 g/mol. The first-order chi connectivity index (χ1) is 12.8. The lowest BCUT2D eigenvalue weighted by Gasteiger charge is -2.16. The quantitative estimate of drug-likeness (QED) is 0.525. The van der Waals surface area contributed by atoms with Crippen molar-refractivity contribution in [2.24, 2.45) is 0 Å². The number of rotatable bonds is 8. The summed E-state index contributed by atoms with van der Waals surface area (Å²) in [4.78, 5) is 41.5. The molecule has 0 saturated heterocycles. The molecule has 0 spiro atoms. The molecule has 0 unspecified atom stereocenters. The number of pyridine rings is 1. The van der Waals surface area contributed by atoms with Gasteiger partial charge in [0.2, 0.25) is 11.8 Å². The summed E-state index contributed by atoms with van der Waals surface area (Å²) in [5, 5.41) is 12.5. The number of nitrogens with zero attached hydrogens (tertiary/aromatic N) is 3. The lowest BCUT2D eigenvalue weighted by atomic mass is 10.1. The maximum Gasteiger partial charge on any atom is 0.340 e. The Morgan fingerprint density at radius 2 is 2.15 bits per heavy atom. The topological polar surface area (TPSA) is 112 Å². The van der Waals surface area contributed by atoms with Gasteiger partial charge >= 0.3 is 5.97 Å². The summed E-state index contributed by atoms with van der Waals surface area (Å²) in [6, 6.07) is 3.67. The van der Waals surface area contributed by atoms with Gasteiger partial charge in [0.05, 0.1) is 35.7 Å². The Morgan fingerprint density at radius 1 is 1.44 bits per heavy atom. The number of carbonyl (C=O) groups is 3. The van der Waals surface area contributed by atoms with Gasteiger partial charge in [-0.05, 0) is 32.8 Å². The largest absolute Gasteiger partial charge is 0.462 e. The van der Waals surface area contributed by atoms with Crippen LogP contribution in [0.15, 0.2) is 11.1 Å². The molecule has 0 radical (unpaired) electrons. The number of aryl methyl sites for hydroxylation is 1. The van der Waals surface area contributed by atoms with E-state index in [1.54, 1.807) is 20.9 Å². The van der Waals surface area contributed by atoms with E-state index in [1.807, 2.05) is 6.07 Å². The predicted molar refractivity (Wildman–Crippen MR) is 99.2 cm³/mol. The summed E-state index contributed by atoms with van der Waals surface area (Å²) in [6.45, 7) is 3.57. The number of thioether (sulfide) groups is 1. The second-order valence-corrected chi connectivity index (χ2v) is 7.15. The van der Waals surface area contributed by atoms with E-state index in [4.69, 9.17) is 4.74 Å². The van der Waals surface area contributed by atoms with Gasteiger partial charge in [-0.1, -0.05) is 11.8 Å². The zero-order valence-electron chi connectivity index (χ0n) is 15.6.